The van der Waals surface area contributed by atoms with E-state index in [-0.39, 0.29) is 0 Å². The van der Waals surface area contributed by atoms with Gasteiger partial charge in [-0.3, -0.25) is 0 Å². The predicted molar refractivity (Wildman–Crippen MR) is 65.1 cm³/mol. The highest BCUT2D eigenvalue weighted by molar-refractivity contribution is 7.88. The minimum absolute atomic E-state index is 0.502. The monoisotopic (exact) mass is 267 g/mol. The molecule has 0 aromatic carbocycles. The smallest absolute Gasteiger partial charge is 0.208 e. The molecule has 0 aliphatic carbocycles. The zero-order chi connectivity index (χ0) is 11.3. The summed E-state index contributed by atoms with van der Waals surface area (Å²) in [4.78, 5) is 1.18. The number of sulfonamides is 1. The third-order valence-corrected chi connectivity index (χ3v) is 4.06. The molecule has 0 amide bonds. The fourth-order valence-electron chi connectivity index (χ4n) is 1.17. The molecule has 0 fully saturated rings. The minimum Gasteiger partial charge on any atom is -0.215 e. The van der Waals surface area contributed by atoms with E-state index in [4.69, 9.17) is 11.6 Å². The van der Waals surface area contributed by atoms with Gasteiger partial charge >= 0.3 is 0 Å². The molecular weight excluding hydrogens is 254 g/mol. The van der Waals surface area contributed by atoms with Crippen LogP contribution < -0.4 is 4.72 Å². The molecule has 1 N–H and O–H groups in total. The lowest BCUT2D eigenvalue weighted by molar-refractivity contribution is 0.583. The van der Waals surface area contributed by atoms with Gasteiger partial charge in [0, 0.05) is 11.4 Å². The van der Waals surface area contributed by atoms with Crippen LogP contribution in [0.15, 0.2) is 11.4 Å². The molecule has 0 bridgehead atoms. The van der Waals surface area contributed by atoms with E-state index in [0.29, 0.717) is 6.54 Å². The third kappa shape index (κ3) is 5.51. The summed E-state index contributed by atoms with van der Waals surface area (Å²) in [5.74, 6) is 0. The van der Waals surface area contributed by atoms with Crippen molar-refractivity contribution in [2.24, 2.45) is 0 Å². The highest BCUT2D eigenvalue weighted by Gasteiger charge is 2.02. The van der Waals surface area contributed by atoms with Gasteiger partial charge in [-0.05, 0) is 30.7 Å². The number of thiophene rings is 1. The summed E-state index contributed by atoms with van der Waals surface area (Å²) >= 11 is 7.57. The normalized spacial score (nSPS) is 11.9. The molecule has 0 saturated heterocycles. The topological polar surface area (TPSA) is 46.2 Å². The molecule has 0 aliphatic rings. The maximum atomic E-state index is 10.7. The van der Waals surface area contributed by atoms with Crippen molar-refractivity contribution in [3.63, 3.8) is 0 Å². The molecule has 0 aliphatic heterocycles. The number of hydrogen-bond acceptors (Lipinski definition) is 3. The summed E-state index contributed by atoms with van der Waals surface area (Å²) in [7, 11) is -3.04. The second kappa shape index (κ2) is 5.84. The molecule has 0 radical (unpaired) electrons. The Kier molecular flexibility index (Phi) is 5.05. The summed E-state index contributed by atoms with van der Waals surface area (Å²) in [6.45, 7) is 0.502. The van der Waals surface area contributed by atoms with Gasteiger partial charge in [-0.1, -0.05) is 11.6 Å². The van der Waals surface area contributed by atoms with Crippen LogP contribution in [0.5, 0.6) is 0 Å². The van der Waals surface area contributed by atoms with Crippen molar-refractivity contribution in [3.8, 4) is 0 Å². The first-order valence-corrected chi connectivity index (χ1v) is 7.80. The average Bonchev–Trinajstić information content (AvgIpc) is 2.49. The van der Waals surface area contributed by atoms with Crippen LogP contribution in [0.25, 0.3) is 0 Å². The summed E-state index contributed by atoms with van der Waals surface area (Å²) in [6.07, 6.45) is 3.87. The van der Waals surface area contributed by atoms with Crippen LogP contribution in [0.2, 0.25) is 5.02 Å². The Balaban J connectivity index is 2.15. The predicted octanol–water partition coefficient (Wildman–Crippen LogP) is 2.27. The lowest BCUT2D eigenvalue weighted by Gasteiger charge is -2.01. The molecule has 0 unspecified atom stereocenters. The van der Waals surface area contributed by atoms with Crippen LogP contribution in [0, 0.1) is 0 Å². The molecule has 15 heavy (non-hydrogen) atoms. The van der Waals surface area contributed by atoms with Crippen molar-refractivity contribution in [2.75, 3.05) is 12.8 Å². The maximum Gasteiger partial charge on any atom is 0.208 e. The van der Waals surface area contributed by atoms with Crippen LogP contribution in [0.3, 0.4) is 0 Å². The number of rotatable bonds is 6. The number of halogens is 1. The Labute approximate surface area is 99.5 Å². The second-order valence-corrected chi connectivity index (χ2v) is 6.56. The summed E-state index contributed by atoms with van der Waals surface area (Å²) in [5, 5.41) is 2.78. The molecule has 1 heterocycles. The van der Waals surface area contributed by atoms with E-state index < -0.39 is 10.0 Å². The Hall–Kier alpha value is -0.100. The van der Waals surface area contributed by atoms with Crippen LogP contribution in [0.1, 0.15) is 17.7 Å². The van der Waals surface area contributed by atoms with Crippen LogP contribution in [-0.4, -0.2) is 21.2 Å². The molecule has 0 saturated carbocycles. The zero-order valence-electron chi connectivity index (χ0n) is 8.49. The van der Waals surface area contributed by atoms with Crippen molar-refractivity contribution in [1.82, 2.24) is 4.72 Å². The van der Waals surface area contributed by atoms with Crippen molar-refractivity contribution < 1.29 is 8.42 Å². The quantitative estimate of drug-likeness (QED) is 0.804. The molecule has 86 valence electrons. The Morgan fingerprint density at radius 1 is 1.47 bits per heavy atom. The maximum absolute atomic E-state index is 10.7. The van der Waals surface area contributed by atoms with Crippen molar-refractivity contribution in [2.45, 2.75) is 19.3 Å². The van der Waals surface area contributed by atoms with E-state index in [1.54, 1.807) is 11.3 Å². The van der Waals surface area contributed by atoms with Crippen molar-refractivity contribution in [3.05, 3.63) is 21.3 Å². The fraction of sp³-hybridized carbons (Fsp3) is 0.556. The molecule has 1 rings (SSSR count). The number of nitrogens with one attached hydrogen (secondary N) is 1. The van der Waals surface area contributed by atoms with Gasteiger partial charge in [0.15, 0.2) is 0 Å². The Morgan fingerprint density at radius 2 is 2.20 bits per heavy atom. The first-order chi connectivity index (χ1) is 6.99. The van der Waals surface area contributed by atoms with Gasteiger partial charge < -0.3 is 0 Å². The number of hydrogen-bond donors (Lipinski definition) is 1. The molecule has 6 heteroatoms. The second-order valence-electron chi connectivity index (χ2n) is 3.32. The van der Waals surface area contributed by atoms with E-state index in [2.05, 4.69) is 4.72 Å². The molecule has 1 aromatic heterocycles. The summed E-state index contributed by atoms with van der Waals surface area (Å²) < 4.78 is 24.0. The van der Waals surface area contributed by atoms with Crippen molar-refractivity contribution >= 4 is 33.0 Å². The zero-order valence-corrected chi connectivity index (χ0v) is 10.9. The summed E-state index contributed by atoms with van der Waals surface area (Å²) in [5.41, 5.74) is 0. The van der Waals surface area contributed by atoms with Gasteiger partial charge in [0.05, 0.1) is 11.3 Å². The van der Waals surface area contributed by atoms with Gasteiger partial charge in [0.25, 0.3) is 0 Å². The summed E-state index contributed by atoms with van der Waals surface area (Å²) in [6, 6.07) is 1.89. The first-order valence-electron chi connectivity index (χ1n) is 4.65. The van der Waals surface area contributed by atoms with E-state index in [1.165, 1.54) is 11.1 Å². The standard InChI is InChI=1S/C9H14ClNO2S2/c1-15(12,13)11-6-3-2-4-9-8(10)5-7-14-9/h5,7,11H,2-4,6H2,1H3. The van der Waals surface area contributed by atoms with E-state index in [9.17, 15) is 8.42 Å². The van der Waals surface area contributed by atoms with Crippen LogP contribution in [-0.2, 0) is 16.4 Å². The SMILES string of the molecule is CS(=O)(=O)NCCCCc1sccc1Cl. The number of aryl methyl sites for hydroxylation is 1. The highest BCUT2D eigenvalue weighted by atomic mass is 35.5. The largest absolute Gasteiger partial charge is 0.215 e. The Bertz CT molecular complexity index is 400. The van der Waals surface area contributed by atoms with Gasteiger partial charge in [-0.15, -0.1) is 11.3 Å². The van der Waals surface area contributed by atoms with Crippen LogP contribution >= 0.6 is 22.9 Å². The van der Waals surface area contributed by atoms with E-state index >= 15 is 0 Å². The number of unbranched alkanes of at least 4 members (excludes halogenated alkanes) is 1. The molecule has 3 nitrogen and oxygen atoms in total. The van der Waals surface area contributed by atoms with Crippen molar-refractivity contribution in [1.29, 1.82) is 0 Å². The lowest BCUT2D eigenvalue weighted by Crippen LogP contribution is -2.22. The van der Waals surface area contributed by atoms with Gasteiger partial charge in [-0.25, -0.2) is 13.1 Å². The van der Waals surface area contributed by atoms with E-state index in [0.717, 1.165) is 24.3 Å². The minimum atomic E-state index is -3.04. The van der Waals surface area contributed by atoms with Gasteiger partial charge in [-0.2, -0.15) is 0 Å². The van der Waals surface area contributed by atoms with E-state index in [1.807, 2.05) is 11.4 Å². The molecule has 1 aromatic rings. The average molecular weight is 268 g/mol. The fourth-order valence-corrected chi connectivity index (χ4v) is 2.86. The Morgan fingerprint density at radius 3 is 2.73 bits per heavy atom. The highest BCUT2D eigenvalue weighted by Crippen LogP contribution is 2.23. The van der Waals surface area contributed by atoms with Gasteiger partial charge in [0.1, 0.15) is 0 Å². The third-order valence-electron chi connectivity index (χ3n) is 1.89. The molecule has 0 atom stereocenters. The lowest BCUT2D eigenvalue weighted by atomic mass is 10.2. The van der Waals surface area contributed by atoms with Crippen LogP contribution in [0.4, 0.5) is 0 Å². The first kappa shape index (κ1) is 13.0. The molecule has 0 spiro atoms. The van der Waals surface area contributed by atoms with Gasteiger partial charge in [0.2, 0.25) is 10.0 Å². The molecular formula is C9H14ClNO2S2.